The summed E-state index contributed by atoms with van der Waals surface area (Å²) in [6.45, 7) is 2.11. The molecular formula is C10H11N2OVW-. The van der Waals surface area contributed by atoms with Crippen LogP contribution in [-0.4, -0.2) is 12.6 Å². The molecule has 0 saturated heterocycles. The average Bonchev–Trinajstić information content (AvgIpc) is 2.15. The quantitative estimate of drug-likeness (QED) is 0.769. The molecule has 1 aromatic carbocycles. The van der Waals surface area contributed by atoms with Crippen molar-refractivity contribution >= 4 is 0 Å². The molecule has 79 valence electrons. The van der Waals surface area contributed by atoms with Crippen LogP contribution in [0, 0.1) is 11.3 Å². The Morgan fingerprint density at radius 3 is 2.73 bits per heavy atom. The smallest absolute Gasteiger partial charge is 0.120 e. The van der Waals surface area contributed by atoms with Crippen LogP contribution in [0.4, 0.5) is 0 Å². The normalized spacial score (nSPS) is 10.2. The summed E-state index contributed by atoms with van der Waals surface area (Å²) in [5.41, 5.74) is 7.81. The van der Waals surface area contributed by atoms with E-state index >= 15 is 0 Å². The largest absolute Gasteiger partial charge is 0.672 e. The van der Waals surface area contributed by atoms with Gasteiger partial charge >= 0.3 is 0 Å². The first-order valence-corrected chi connectivity index (χ1v) is 4.06. The van der Waals surface area contributed by atoms with Gasteiger partial charge in [0.25, 0.3) is 0 Å². The summed E-state index contributed by atoms with van der Waals surface area (Å²) in [7, 11) is 0. The van der Waals surface area contributed by atoms with E-state index in [-0.39, 0.29) is 45.7 Å². The number of nitrogens with one attached hydrogen (secondary N) is 1. The SMILES string of the molecule is CC([NH-])COc1cccc(C#N)c1.[V].[W]. The van der Waals surface area contributed by atoms with Crippen molar-refractivity contribution in [3.63, 3.8) is 0 Å². The standard InChI is InChI=1S/C10H11N2O.V.W/c1-8(12)7-13-10-4-2-3-9(5-10)6-11;;/h2-5,8,12H,7H2,1H3;;/q-1;;. The Labute approximate surface area is 116 Å². The van der Waals surface area contributed by atoms with Crippen LogP contribution in [0.15, 0.2) is 24.3 Å². The van der Waals surface area contributed by atoms with Gasteiger partial charge in [-0.2, -0.15) is 5.26 Å². The van der Waals surface area contributed by atoms with E-state index in [9.17, 15) is 0 Å². The molecular weight excluding hydrogens is 399 g/mol. The Balaban J connectivity index is 0. The third-order valence-corrected chi connectivity index (χ3v) is 1.46. The van der Waals surface area contributed by atoms with Gasteiger partial charge in [-0.1, -0.05) is 13.0 Å². The fraction of sp³-hybridized carbons (Fsp3) is 0.300. The molecule has 0 amide bonds. The van der Waals surface area contributed by atoms with E-state index < -0.39 is 0 Å². The van der Waals surface area contributed by atoms with Crippen LogP contribution >= 0.6 is 0 Å². The van der Waals surface area contributed by atoms with Crippen molar-refractivity contribution in [2.45, 2.75) is 13.0 Å². The molecule has 0 aliphatic rings. The van der Waals surface area contributed by atoms with Crippen LogP contribution in [0.5, 0.6) is 5.75 Å². The van der Waals surface area contributed by atoms with Crippen molar-refractivity contribution in [3.05, 3.63) is 35.6 Å². The first-order chi connectivity index (χ1) is 6.22. The summed E-state index contributed by atoms with van der Waals surface area (Å²) in [5.74, 6) is 0.651. The summed E-state index contributed by atoms with van der Waals surface area (Å²) in [4.78, 5) is 0. The number of rotatable bonds is 3. The van der Waals surface area contributed by atoms with Gasteiger partial charge in [-0.3, -0.25) is 0 Å². The molecule has 0 fully saturated rings. The van der Waals surface area contributed by atoms with Crippen LogP contribution in [0.1, 0.15) is 12.5 Å². The Morgan fingerprint density at radius 2 is 2.20 bits per heavy atom. The molecule has 0 aliphatic heterocycles. The first kappa shape index (κ1) is 17.1. The Kier molecular flexibility index (Phi) is 10.3. The van der Waals surface area contributed by atoms with Crippen LogP contribution in [0.3, 0.4) is 0 Å². The topological polar surface area (TPSA) is 56.8 Å². The van der Waals surface area contributed by atoms with Gasteiger partial charge in [0.15, 0.2) is 0 Å². The Bertz CT molecular complexity index is 325. The fourth-order valence-corrected chi connectivity index (χ4v) is 0.877. The fourth-order valence-electron chi connectivity index (χ4n) is 0.877. The average molecular weight is 410 g/mol. The molecule has 0 bridgehead atoms. The minimum Gasteiger partial charge on any atom is -0.672 e. The van der Waals surface area contributed by atoms with E-state index in [2.05, 4.69) is 0 Å². The molecule has 1 unspecified atom stereocenters. The Hall–Kier alpha value is -0.257. The first-order valence-electron chi connectivity index (χ1n) is 4.06. The number of hydrogen-bond donors (Lipinski definition) is 0. The summed E-state index contributed by atoms with van der Waals surface area (Å²) in [6.07, 6.45) is 0. The van der Waals surface area contributed by atoms with Gasteiger partial charge < -0.3 is 10.5 Å². The minimum absolute atomic E-state index is 0. The summed E-state index contributed by atoms with van der Waals surface area (Å²) < 4.78 is 5.27. The van der Waals surface area contributed by atoms with Crippen molar-refractivity contribution in [2.75, 3.05) is 6.61 Å². The third-order valence-electron chi connectivity index (χ3n) is 1.46. The van der Waals surface area contributed by atoms with Crippen molar-refractivity contribution < 1.29 is 44.4 Å². The third kappa shape index (κ3) is 6.76. The van der Waals surface area contributed by atoms with Gasteiger partial charge in [-0.15, -0.1) is 6.04 Å². The zero-order chi connectivity index (χ0) is 9.68. The molecule has 5 heteroatoms. The molecule has 1 N–H and O–H groups in total. The second kappa shape index (κ2) is 9.00. The second-order valence-electron chi connectivity index (χ2n) is 2.85. The van der Waals surface area contributed by atoms with E-state index in [0.29, 0.717) is 17.9 Å². The van der Waals surface area contributed by atoms with Crippen molar-refractivity contribution in [1.82, 2.24) is 0 Å². The van der Waals surface area contributed by atoms with Gasteiger partial charge in [-0.25, -0.2) is 0 Å². The van der Waals surface area contributed by atoms with Crippen LogP contribution in [0.2, 0.25) is 0 Å². The minimum atomic E-state index is -0.245. The predicted molar refractivity (Wildman–Crippen MR) is 50.4 cm³/mol. The number of hydrogen-bond acceptors (Lipinski definition) is 2. The molecule has 1 atom stereocenters. The van der Waals surface area contributed by atoms with E-state index in [0.717, 1.165) is 0 Å². The maximum absolute atomic E-state index is 8.60. The summed E-state index contributed by atoms with van der Waals surface area (Å²) in [5, 5.41) is 8.60. The molecule has 1 radical (unpaired) electrons. The molecule has 0 saturated carbocycles. The number of nitrogens with zero attached hydrogens (tertiary/aromatic N) is 1. The number of ether oxygens (including phenoxy) is 1. The van der Waals surface area contributed by atoms with E-state index in [1.54, 1.807) is 31.2 Å². The van der Waals surface area contributed by atoms with E-state index in [1.807, 2.05) is 6.07 Å². The zero-order valence-corrected chi connectivity index (χ0v) is 12.6. The van der Waals surface area contributed by atoms with Gasteiger partial charge in [-0.05, 0) is 18.2 Å². The molecule has 15 heavy (non-hydrogen) atoms. The molecule has 0 spiro atoms. The maximum atomic E-state index is 8.60. The predicted octanol–water partition coefficient (Wildman–Crippen LogP) is 2.37. The van der Waals surface area contributed by atoms with Gasteiger partial charge in [0.05, 0.1) is 18.2 Å². The molecule has 3 nitrogen and oxygen atoms in total. The monoisotopic (exact) mass is 410 g/mol. The van der Waals surface area contributed by atoms with Crippen molar-refractivity contribution in [1.29, 1.82) is 5.26 Å². The molecule has 1 aromatic rings. The molecule has 0 heterocycles. The zero-order valence-electron chi connectivity index (χ0n) is 8.30. The van der Waals surface area contributed by atoms with Gasteiger partial charge in [0, 0.05) is 39.6 Å². The maximum Gasteiger partial charge on any atom is 0.120 e. The molecule has 1 rings (SSSR count). The molecule has 0 aromatic heterocycles. The summed E-state index contributed by atoms with van der Waals surface area (Å²) in [6, 6.07) is 8.72. The van der Waals surface area contributed by atoms with Gasteiger partial charge in [0.1, 0.15) is 5.75 Å². The van der Waals surface area contributed by atoms with Crippen LogP contribution < -0.4 is 4.74 Å². The number of nitriles is 1. The van der Waals surface area contributed by atoms with Crippen molar-refractivity contribution in [3.8, 4) is 11.8 Å². The summed E-state index contributed by atoms with van der Waals surface area (Å²) >= 11 is 0. The van der Waals surface area contributed by atoms with E-state index in [4.69, 9.17) is 15.7 Å². The second-order valence-corrected chi connectivity index (χ2v) is 2.85. The number of benzene rings is 1. The Morgan fingerprint density at radius 1 is 1.53 bits per heavy atom. The molecule has 0 aliphatic carbocycles. The van der Waals surface area contributed by atoms with E-state index in [1.165, 1.54) is 0 Å². The van der Waals surface area contributed by atoms with Crippen molar-refractivity contribution in [2.24, 2.45) is 0 Å². The van der Waals surface area contributed by atoms with Crippen LogP contribution in [-0.2, 0) is 39.6 Å². The van der Waals surface area contributed by atoms with Gasteiger partial charge in [0.2, 0.25) is 0 Å². The van der Waals surface area contributed by atoms with Crippen LogP contribution in [0.25, 0.3) is 5.73 Å².